The Morgan fingerprint density at radius 1 is 1.00 bits per heavy atom. The topological polar surface area (TPSA) is 0 Å². The van der Waals surface area contributed by atoms with Crippen LogP contribution in [-0.2, 0) is 0 Å². The normalized spacial score (nSPS) is 37.1. The van der Waals surface area contributed by atoms with Crippen LogP contribution in [0.4, 0.5) is 26.1 Å². The summed E-state index contributed by atoms with van der Waals surface area (Å²) in [4.78, 5) is 0. The van der Waals surface area contributed by atoms with Gasteiger partial charge in [-0.1, -0.05) is 12.2 Å². The Kier molecular flexibility index (Phi) is 4.80. The van der Waals surface area contributed by atoms with Crippen LogP contribution < -0.4 is 51.4 Å². The fourth-order valence-electron chi connectivity index (χ4n) is 3.26. The van der Waals surface area contributed by atoms with Gasteiger partial charge in [-0.15, -0.1) is 0 Å². The predicted octanol–water partition coefficient (Wildman–Crippen LogP) is 1.21. The number of hydrogen-bond acceptors (Lipinski definition) is 0. The van der Waals surface area contributed by atoms with E-state index in [4.69, 9.17) is 0 Å². The summed E-state index contributed by atoms with van der Waals surface area (Å²) >= 11 is 0. The molecule has 0 radical (unpaired) electrons. The van der Waals surface area contributed by atoms with Gasteiger partial charge in [0, 0.05) is 0 Å². The molecule has 0 N–H and O–H groups in total. The van der Waals surface area contributed by atoms with Crippen LogP contribution in [-0.4, -0.2) is 13.2 Å². The number of hydrogen-bond donors (Lipinski definition) is 0. The first-order chi connectivity index (χ1) is 7.10. The second-order valence-corrected chi connectivity index (χ2v) is 5.37. The van der Waals surface area contributed by atoms with Crippen molar-refractivity contribution in [2.75, 3.05) is 0 Å². The number of halogens is 6. The SMILES string of the molecule is F[B-](F)(F)CC1CC2(C1)CC(C(F)(F)F)C2.[K+]. The van der Waals surface area contributed by atoms with Gasteiger partial charge in [-0.2, -0.15) is 13.2 Å². The molecule has 0 bridgehead atoms. The van der Waals surface area contributed by atoms with E-state index in [0.717, 1.165) is 0 Å². The third-order valence-corrected chi connectivity index (χ3v) is 3.87. The van der Waals surface area contributed by atoms with Crippen LogP contribution in [0.3, 0.4) is 0 Å². The molecular weight excluding hydrogens is 272 g/mol. The van der Waals surface area contributed by atoms with Crippen LogP contribution in [0.25, 0.3) is 0 Å². The molecule has 0 amide bonds. The van der Waals surface area contributed by atoms with Crippen LogP contribution in [0.1, 0.15) is 25.7 Å². The zero-order chi connectivity index (χ0) is 12.2. The van der Waals surface area contributed by atoms with Crippen molar-refractivity contribution in [1.29, 1.82) is 0 Å². The van der Waals surface area contributed by atoms with E-state index in [2.05, 4.69) is 0 Å². The predicted molar refractivity (Wildman–Crippen MR) is 47.8 cm³/mol. The molecule has 0 saturated heterocycles. The van der Waals surface area contributed by atoms with E-state index in [1.807, 2.05) is 0 Å². The summed E-state index contributed by atoms with van der Waals surface area (Å²) in [5.41, 5.74) is -0.397. The average molecular weight is 284 g/mol. The van der Waals surface area contributed by atoms with Gasteiger partial charge in [-0.3, -0.25) is 0 Å². The molecule has 0 unspecified atom stereocenters. The van der Waals surface area contributed by atoms with E-state index in [0.29, 0.717) is 12.8 Å². The first-order valence-corrected chi connectivity index (χ1v) is 5.37. The molecule has 8 heteroatoms. The van der Waals surface area contributed by atoms with Crippen molar-refractivity contribution in [3.8, 4) is 0 Å². The maximum absolute atomic E-state index is 12.2. The van der Waals surface area contributed by atoms with Crippen molar-refractivity contribution in [2.45, 2.75) is 38.2 Å². The summed E-state index contributed by atoms with van der Waals surface area (Å²) in [5.74, 6) is -1.70. The van der Waals surface area contributed by atoms with E-state index in [1.54, 1.807) is 0 Å². The number of rotatable bonds is 2. The summed E-state index contributed by atoms with van der Waals surface area (Å²) in [6.07, 6.45) is -4.19. The summed E-state index contributed by atoms with van der Waals surface area (Å²) < 4.78 is 72.7. The molecule has 2 fully saturated rings. The third-order valence-electron chi connectivity index (χ3n) is 3.87. The van der Waals surface area contributed by atoms with Crippen LogP contribution in [0.5, 0.6) is 0 Å². The van der Waals surface area contributed by atoms with Gasteiger partial charge in [0.25, 0.3) is 0 Å². The van der Waals surface area contributed by atoms with Gasteiger partial charge in [0.05, 0.1) is 5.92 Å². The molecule has 0 heterocycles. The number of alkyl halides is 3. The monoisotopic (exact) mass is 284 g/mol. The van der Waals surface area contributed by atoms with Crippen molar-refractivity contribution in [1.82, 2.24) is 0 Å². The minimum absolute atomic E-state index is 0. The minimum Gasteiger partial charge on any atom is -0.449 e. The molecule has 2 rings (SSSR count). The Morgan fingerprint density at radius 3 is 1.82 bits per heavy atom. The van der Waals surface area contributed by atoms with E-state index in [-0.39, 0.29) is 64.2 Å². The molecule has 1 spiro atoms. The van der Waals surface area contributed by atoms with Crippen molar-refractivity contribution < 1.29 is 77.5 Å². The zero-order valence-corrected chi connectivity index (χ0v) is 12.7. The Balaban J connectivity index is 0.00000144. The maximum Gasteiger partial charge on any atom is 1.00 e. The zero-order valence-electron chi connectivity index (χ0n) is 9.54. The van der Waals surface area contributed by atoms with Crippen LogP contribution in [0.2, 0.25) is 6.32 Å². The van der Waals surface area contributed by atoms with Crippen LogP contribution >= 0.6 is 0 Å². The van der Waals surface area contributed by atoms with Gasteiger partial charge in [0.2, 0.25) is 0 Å². The Morgan fingerprint density at radius 2 is 1.47 bits per heavy atom. The third kappa shape index (κ3) is 3.87. The molecule has 17 heavy (non-hydrogen) atoms. The Bertz CT molecular complexity index is 272. The molecule has 0 aromatic carbocycles. The van der Waals surface area contributed by atoms with Crippen molar-refractivity contribution in [3.05, 3.63) is 0 Å². The smallest absolute Gasteiger partial charge is 0.449 e. The first-order valence-electron chi connectivity index (χ1n) is 5.37. The molecule has 0 aromatic heterocycles. The molecular formula is C9H12BF6K. The average Bonchev–Trinajstić information content (AvgIpc) is 1.85. The minimum atomic E-state index is -4.78. The fraction of sp³-hybridized carbons (Fsp3) is 1.00. The van der Waals surface area contributed by atoms with Crippen LogP contribution in [0, 0.1) is 17.3 Å². The molecule has 2 saturated carbocycles. The molecule has 94 valence electrons. The standard InChI is InChI=1S/C9H12BF6.K/c11-9(12,13)7-3-8(4-7)1-6(2-8)5-10(14,15)16;/h6-7H,1-5H2;/q-1;+1. The molecule has 0 aromatic rings. The Labute approximate surface area is 138 Å². The summed E-state index contributed by atoms with van der Waals surface area (Å²) in [7, 11) is 0. The van der Waals surface area contributed by atoms with E-state index < -0.39 is 36.7 Å². The van der Waals surface area contributed by atoms with E-state index >= 15 is 0 Å². The molecule has 0 atom stereocenters. The Hall–Kier alpha value is 1.28. The second-order valence-electron chi connectivity index (χ2n) is 5.37. The summed E-state index contributed by atoms with van der Waals surface area (Å²) in [6, 6.07) is 0. The molecule has 2 aliphatic rings. The molecule has 2 aliphatic carbocycles. The van der Waals surface area contributed by atoms with E-state index in [9.17, 15) is 26.1 Å². The second kappa shape index (κ2) is 5.00. The molecule has 0 nitrogen and oxygen atoms in total. The van der Waals surface area contributed by atoms with Crippen molar-refractivity contribution >= 4 is 6.98 Å². The summed E-state index contributed by atoms with van der Waals surface area (Å²) in [5, 5.41) is 0. The molecule has 0 aliphatic heterocycles. The summed E-state index contributed by atoms with van der Waals surface area (Å²) in [6.45, 7) is -4.78. The maximum atomic E-state index is 12.2. The largest absolute Gasteiger partial charge is 1.00 e. The van der Waals surface area contributed by atoms with Crippen molar-refractivity contribution in [3.63, 3.8) is 0 Å². The van der Waals surface area contributed by atoms with E-state index in [1.165, 1.54) is 0 Å². The first kappa shape index (κ1) is 16.3. The van der Waals surface area contributed by atoms with Gasteiger partial charge < -0.3 is 12.9 Å². The van der Waals surface area contributed by atoms with Gasteiger partial charge in [-0.05, 0) is 31.1 Å². The van der Waals surface area contributed by atoms with Crippen molar-refractivity contribution in [2.24, 2.45) is 17.3 Å². The van der Waals surface area contributed by atoms with Gasteiger partial charge in [0.1, 0.15) is 0 Å². The van der Waals surface area contributed by atoms with Gasteiger partial charge >= 0.3 is 64.5 Å². The van der Waals surface area contributed by atoms with Gasteiger partial charge in [0.15, 0.2) is 0 Å². The fourth-order valence-corrected chi connectivity index (χ4v) is 3.26. The van der Waals surface area contributed by atoms with Crippen LogP contribution in [0.15, 0.2) is 0 Å². The van der Waals surface area contributed by atoms with Gasteiger partial charge in [-0.25, -0.2) is 0 Å². The quantitative estimate of drug-likeness (QED) is 0.528.